The second-order valence-corrected chi connectivity index (χ2v) is 5.37. The number of rotatable bonds is 5. The summed E-state index contributed by atoms with van der Waals surface area (Å²) in [5, 5.41) is 11.3. The Hall–Kier alpha value is -2.60. The van der Waals surface area contributed by atoms with E-state index >= 15 is 0 Å². The van der Waals surface area contributed by atoms with Crippen LogP contribution >= 0.6 is 11.6 Å². The molecule has 0 fully saturated rings. The van der Waals surface area contributed by atoms with Gasteiger partial charge in [0.05, 0.1) is 0 Å². The van der Waals surface area contributed by atoms with Gasteiger partial charge >= 0.3 is 0 Å². The predicted octanol–water partition coefficient (Wildman–Crippen LogP) is 3.39. The van der Waals surface area contributed by atoms with Gasteiger partial charge in [0.1, 0.15) is 12.2 Å². The molecule has 0 saturated carbocycles. The first-order valence-electron chi connectivity index (χ1n) is 7.19. The Morgan fingerprint density at radius 1 is 1.30 bits per heavy atom. The second kappa shape index (κ2) is 6.66. The van der Waals surface area contributed by atoms with E-state index in [0.717, 1.165) is 0 Å². The topological polar surface area (TPSA) is 73.0 Å². The Bertz CT molecular complexity index is 825. The lowest BCUT2D eigenvalue weighted by Gasteiger charge is -2.08. The molecule has 0 spiro atoms. The van der Waals surface area contributed by atoms with Crippen LogP contribution in [-0.2, 0) is 17.8 Å². The Balaban J connectivity index is 1.73. The highest BCUT2D eigenvalue weighted by atomic mass is 35.5. The lowest BCUT2D eigenvalue weighted by atomic mass is 10.3. The fraction of sp³-hybridized carbons (Fsp3) is 0.188. The van der Waals surface area contributed by atoms with E-state index in [-0.39, 0.29) is 12.5 Å². The summed E-state index contributed by atoms with van der Waals surface area (Å²) in [6.07, 6.45) is 2.46. The number of aryl methyl sites for hydroxylation is 1. The zero-order valence-electron chi connectivity index (χ0n) is 12.5. The van der Waals surface area contributed by atoms with Gasteiger partial charge in [0.25, 0.3) is 5.89 Å². The molecule has 1 aromatic carbocycles. The van der Waals surface area contributed by atoms with Gasteiger partial charge in [-0.3, -0.25) is 4.79 Å². The minimum absolute atomic E-state index is 0.138. The van der Waals surface area contributed by atoms with Crippen LogP contribution in [0.4, 0.5) is 5.69 Å². The monoisotopic (exact) mass is 330 g/mol. The highest BCUT2D eigenvalue weighted by Gasteiger charge is 2.13. The number of benzene rings is 1. The van der Waals surface area contributed by atoms with Crippen LogP contribution in [0.2, 0.25) is 5.02 Å². The van der Waals surface area contributed by atoms with Crippen molar-refractivity contribution in [1.82, 2.24) is 14.8 Å². The van der Waals surface area contributed by atoms with Crippen molar-refractivity contribution in [3.05, 3.63) is 53.5 Å². The Morgan fingerprint density at radius 2 is 2.17 bits per heavy atom. The van der Waals surface area contributed by atoms with Gasteiger partial charge in [-0.1, -0.05) is 24.6 Å². The third-order valence-corrected chi connectivity index (χ3v) is 3.48. The number of hydrogen-bond acceptors (Lipinski definition) is 4. The van der Waals surface area contributed by atoms with E-state index < -0.39 is 0 Å². The van der Waals surface area contributed by atoms with E-state index in [2.05, 4.69) is 15.5 Å². The van der Waals surface area contributed by atoms with Crippen LogP contribution in [0, 0.1) is 0 Å². The fourth-order valence-corrected chi connectivity index (χ4v) is 2.36. The molecule has 0 aliphatic carbocycles. The van der Waals surface area contributed by atoms with Crippen molar-refractivity contribution in [2.75, 3.05) is 5.32 Å². The number of anilines is 1. The van der Waals surface area contributed by atoms with Crippen LogP contribution in [-0.4, -0.2) is 20.7 Å². The molecule has 23 heavy (non-hydrogen) atoms. The summed E-state index contributed by atoms with van der Waals surface area (Å²) in [7, 11) is 0. The maximum atomic E-state index is 12.2. The zero-order chi connectivity index (χ0) is 16.2. The van der Waals surface area contributed by atoms with Crippen LogP contribution in [0.15, 0.2) is 47.0 Å². The molecule has 1 amide bonds. The SMILES string of the molecule is CCc1nnc(-c2cccn2CC(=O)Nc2cccc(Cl)c2)o1. The van der Waals surface area contributed by atoms with E-state index in [0.29, 0.717) is 34.6 Å². The van der Waals surface area contributed by atoms with Gasteiger partial charge in [0, 0.05) is 23.3 Å². The number of carbonyl (C=O) groups excluding carboxylic acids is 1. The van der Waals surface area contributed by atoms with Crippen molar-refractivity contribution in [2.24, 2.45) is 0 Å². The van der Waals surface area contributed by atoms with Crippen molar-refractivity contribution in [3.63, 3.8) is 0 Å². The summed E-state index contributed by atoms with van der Waals surface area (Å²) >= 11 is 5.91. The van der Waals surface area contributed by atoms with E-state index in [1.54, 1.807) is 35.0 Å². The van der Waals surface area contributed by atoms with Gasteiger partial charge in [0.2, 0.25) is 11.8 Å². The first-order chi connectivity index (χ1) is 11.2. The molecule has 0 unspecified atom stereocenters. The highest BCUT2D eigenvalue weighted by molar-refractivity contribution is 6.30. The molecule has 0 saturated heterocycles. The molecule has 118 valence electrons. The van der Waals surface area contributed by atoms with Crippen LogP contribution in [0.25, 0.3) is 11.6 Å². The molecular weight excluding hydrogens is 316 g/mol. The van der Waals surface area contributed by atoms with E-state index in [9.17, 15) is 4.79 Å². The summed E-state index contributed by atoms with van der Waals surface area (Å²) in [5.74, 6) is 0.804. The molecule has 2 aromatic heterocycles. The van der Waals surface area contributed by atoms with Gasteiger partial charge in [-0.2, -0.15) is 0 Å². The van der Waals surface area contributed by atoms with Gasteiger partial charge in [-0.05, 0) is 30.3 Å². The normalized spacial score (nSPS) is 10.7. The molecule has 0 radical (unpaired) electrons. The average molecular weight is 331 g/mol. The summed E-state index contributed by atoms with van der Waals surface area (Å²) in [5.41, 5.74) is 1.36. The third-order valence-electron chi connectivity index (χ3n) is 3.24. The Labute approximate surface area is 138 Å². The third kappa shape index (κ3) is 3.60. The second-order valence-electron chi connectivity index (χ2n) is 4.93. The standard InChI is InChI=1S/C16H15ClN4O2/c1-2-15-19-20-16(23-15)13-7-4-8-21(13)10-14(22)18-12-6-3-5-11(17)9-12/h3-9H,2,10H2,1H3,(H,18,22). The number of nitrogens with one attached hydrogen (secondary N) is 1. The van der Waals surface area contributed by atoms with Crippen molar-refractivity contribution in [2.45, 2.75) is 19.9 Å². The number of aromatic nitrogens is 3. The number of amides is 1. The zero-order valence-corrected chi connectivity index (χ0v) is 13.2. The maximum absolute atomic E-state index is 12.2. The summed E-state index contributed by atoms with van der Waals surface area (Å²) in [6.45, 7) is 2.08. The summed E-state index contributed by atoms with van der Waals surface area (Å²) in [6, 6.07) is 10.7. The number of hydrogen-bond donors (Lipinski definition) is 1. The molecule has 2 heterocycles. The van der Waals surface area contributed by atoms with E-state index in [4.69, 9.17) is 16.0 Å². The smallest absolute Gasteiger partial charge is 0.264 e. The first-order valence-corrected chi connectivity index (χ1v) is 7.57. The Morgan fingerprint density at radius 3 is 2.91 bits per heavy atom. The summed E-state index contributed by atoms with van der Waals surface area (Å²) < 4.78 is 7.30. The molecule has 1 N–H and O–H groups in total. The highest BCUT2D eigenvalue weighted by Crippen LogP contribution is 2.19. The largest absolute Gasteiger partial charge is 0.419 e. The van der Waals surface area contributed by atoms with E-state index in [1.807, 2.05) is 19.1 Å². The van der Waals surface area contributed by atoms with Crippen LogP contribution in [0.1, 0.15) is 12.8 Å². The lowest BCUT2D eigenvalue weighted by Crippen LogP contribution is -2.18. The summed E-state index contributed by atoms with van der Waals surface area (Å²) in [4.78, 5) is 12.2. The van der Waals surface area contributed by atoms with Gasteiger partial charge in [-0.25, -0.2) is 0 Å². The van der Waals surface area contributed by atoms with Crippen molar-refractivity contribution < 1.29 is 9.21 Å². The molecule has 0 aliphatic rings. The van der Waals surface area contributed by atoms with Crippen LogP contribution in [0.3, 0.4) is 0 Å². The molecular formula is C16H15ClN4O2. The van der Waals surface area contributed by atoms with Crippen LogP contribution < -0.4 is 5.32 Å². The van der Waals surface area contributed by atoms with Crippen molar-refractivity contribution >= 4 is 23.2 Å². The molecule has 7 heteroatoms. The fourth-order valence-electron chi connectivity index (χ4n) is 2.17. The van der Waals surface area contributed by atoms with Crippen molar-refractivity contribution in [1.29, 1.82) is 0 Å². The Kier molecular flexibility index (Phi) is 4.43. The molecule has 3 aromatic rings. The lowest BCUT2D eigenvalue weighted by molar-refractivity contribution is -0.116. The number of carbonyl (C=O) groups is 1. The number of halogens is 1. The quantitative estimate of drug-likeness (QED) is 0.778. The molecule has 0 aliphatic heterocycles. The van der Waals surface area contributed by atoms with Gasteiger partial charge in [0.15, 0.2) is 0 Å². The molecule has 0 atom stereocenters. The molecule has 3 rings (SSSR count). The molecule has 6 nitrogen and oxygen atoms in total. The minimum Gasteiger partial charge on any atom is -0.419 e. The van der Waals surface area contributed by atoms with Crippen LogP contribution in [0.5, 0.6) is 0 Å². The maximum Gasteiger partial charge on any atom is 0.264 e. The van der Waals surface area contributed by atoms with Crippen molar-refractivity contribution in [3.8, 4) is 11.6 Å². The first kappa shape index (κ1) is 15.3. The van der Waals surface area contributed by atoms with E-state index in [1.165, 1.54) is 0 Å². The predicted molar refractivity (Wildman–Crippen MR) is 87.2 cm³/mol. The average Bonchev–Trinajstić information content (AvgIpc) is 3.15. The molecule has 0 bridgehead atoms. The van der Waals surface area contributed by atoms with Gasteiger partial charge < -0.3 is 14.3 Å². The minimum atomic E-state index is -0.167. The number of nitrogens with zero attached hydrogens (tertiary/aromatic N) is 3. The van der Waals surface area contributed by atoms with Gasteiger partial charge in [-0.15, -0.1) is 10.2 Å².